The van der Waals surface area contributed by atoms with Crippen LogP contribution in [0.5, 0.6) is 5.75 Å². The number of halogens is 2. The summed E-state index contributed by atoms with van der Waals surface area (Å²) in [6, 6.07) is 18.2. The number of nitrogens with one attached hydrogen (secondary N) is 2. The standard InChI is InChI=1S/C25H23F2N3O2/c1-16(18-7-11-20(12-8-18)32-15-17-5-9-19(26)10-6-17)28-24(31)14-13-23-29-22-4-2-3-21(27)25(22)30-23/h2-12,16H,13-15H2,1H3,(H,28,31)(H,29,30). The number of rotatable bonds is 8. The van der Waals surface area contributed by atoms with E-state index in [9.17, 15) is 13.6 Å². The van der Waals surface area contributed by atoms with E-state index in [0.717, 1.165) is 11.1 Å². The molecular weight excluding hydrogens is 412 g/mol. The largest absolute Gasteiger partial charge is 0.489 e. The number of imidazole rings is 1. The molecule has 0 bridgehead atoms. The second-order valence-electron chi connectivity index (χ2n) is 7.59. The van der Waals surface area contributed by atoms with Crippen LogP contribution >= 0.6 is 0 Å². The maximum absolute atomic E-state index is 13.8. The monoisotopic (exact) mass is 435 g/mol. The minimum absolute atomic E-state index is 0.116. The van der Waals surface area contributed by atoms with Crippen molar-refractivity contribution in [3.05, 3.63) is 95.3 Å². The van der Waals surface area contributed by atoms with Gasteiger partial charge in [-0.2, -0.15) is 0 Å². The Balaban J connectivity index is 1.27. The van der Waals surface area contributed by atoms with E-state index in [1.165, 1.54) is 18.2 Å². The van der Waals surface area contributed by atoms with Crippen LogP contribution in [0, 0.1) is 11.6 Å². The van der Waals surface area contributed by atoms with E-state index < -0.39 is 0 Å². The number of fused-ring (bicyclic) bond motifs is 1. The zero-order chi connectivity index (χ0) is 22.5. The van der Waals surface area contributed by atoms with Gasteiger partial charge in [0.15, 0.2) is 5.82 Å². The summed E-state index contributed by atoms with van der Waals surface area (Å²) in [7, 11) is 0. The van der Waals surface area contributed by atoms with Crippen LogP contribution in [0.4, 0.5) is 8.78 Å². The van der Waals surface area contributed by atoms with Gasteiger partial charge >= 0.3 is 0 Å². The van der Waals surface area contributed by atoms with Crippen molar-refractivity contribution in [2.75, 3.05) is 0 Å². The van der Waals surface area contributed by atoms with Crippen LogP contribution in [0.2, 0.25) is 0 Å². The molecule has 32 heavy (non-hydrogen) atoms. The Morgan fingerprint density at radius 1 is 1.06 bits per heavy atom. The van der Waals surface area contributed by atoms with Crippen molar-refractivity contribution in [1.82, 2.24) is 15.3 Å². The molecule has 5 nitrogen and oxygen atoms in total. The van der Waals surface area contributed by atoms with Gasteiger partial charge < -0.3 is 15.0 Å². The Hall–Kier alpha value is -3.74. The number of benzene rings is 3. The van der Waals surface area contributed by atoms with E-state index in [1.807, 2.05) is 31.2 Å². The van der Waals surface area contributed by atoms with E-state index in [2.05, 4.69) is 15.3 Å². The molecule has 0 aliphatic rings. The number of aryl methyl sites for hydroxylation is 1. The lowest BCUT2D eigenvalue weighted by Gasteiger charge is -2.15. The van der Waals surface area contributed by atoms with Gasteiger partial charge in [0.1, 0.15) is 29.5 Å². The van der Waals surface area contributed by atoms with Crippen molar-refractivity contribution in [3.8, 4) is 5.75 Å². The molecule has 164 valence electrons. The van der Waals surface area contributed by atoms with E-state index in [0.29, 0.717) is 30.1 Å². The summed E-state index contributed by atoms with van der Waals surface area (Å²) < 4.78 is 32.4. The van der Waals surface area contributed by atoms with E-state index in [-0.39, 0.29) is 35.5 Å². The van der Waals surface area contributed by atoms with E-state index >= 15 is 0 Å². The quantitative estimate of drug-likeness (QED) is 0.398. The molecule has 0 saturated carbocycles. The molecule has 0 saturated heterocycles. The van der Waals surface area contributed by atoms with Gasteiger partial charge in [0, 0.05) is 12.8 Å². The Bertz CT molecular complexity index is 1200. The number of para-hydroxylation sites is 1. The van der Waals surface area contributed by atoms with Gasteiger partial charge in [-0.05, 0) is 54.4 Å². The Morgan fingerprint density at radius 3 is 2.53 bits per heavy atom. The summed E-state index contributed by atoms with van der Waals surface area (Å²) in [6.07, 6.45) is 0.632. The Kier molecular flexibility index (Phi) is 6.44. The highest BCUT2D eigenvalue weighted by Crippen LogP contribution is 2.19. The van der Waals surface area contributed by atoms with Crippen LogP contribution in [-0.4, -0.2) is 15.9 Å². The summed E-state index contributed by atoms with van der Waals surface area (Å²) in [6.45, 7) is 2.25. The Labute approximate surface area is 184 Å². The third-order valence-corrected chi connectivity index (χ3v) is 5.18. The number of ether oxygens (including phenoxy) is 1. The van der Waals surface area contributed by atoms with E-state index in [4.69, 9.17) is 4.74 Å². The van der Waals surface area contributed by atoms with Gasteiger partial charge in [-0.3, -0.25) is 4.79 Å². The number of nitrogens with zero attached hydrogens (tertiary/aromatic N) is 1. The molecule has 0 aliphatic heterocycles. The molecular formula is C25H23F2N3O2. The average Bonchev–Trinajstić information content (AvgIpc) is 3.22. The highest BCUT2D eigenvalue weighted by Gasteiger charge is 2.12. The van der Waals surface area contributed by atoms with Crippen LogP contribution in [0.15, 0.2) is 66.7 Å². The highest BCUT2D eigenvalue weighted by molar-refractivity contribution is 5.77. The first-order valence-corrected chi connectivity index (χ1v) is 10.4. The Morgan fingerprint density at radius 2 is 1.81 bits per heavy atom. The molecule has 0 fully saturated rings. The summed E-state index contributed by atoms with van der Waals surface area (Å²) in [5, 5.41) is 2.96. The lowest BCUT2D eigenvalue weighted by molar-refractivity contribution is -0.121. The normalized spacial score (nSPS) is 12.0. The molecule has 1 aromatic heterocycles. The first-order valence-electron chi connectivity index (χ1n) is 10.4. The second kappa shape index (κ2) is 9.60. The fourth-order valence-electron chi connectivity index (χ4n) is 3.40. The first kappa shape index (κ1) is 21.5. The molecule has 0 aliphatic carbocycles. The summed E-state index contributed by atoms with van der Waals surface area (Å²) in [5.74, 6) is 0.494. The predicted octanol–water partition coefficient (Wildman–Crippen LogP) is 5.23. The van der Waals surface area contributed by atoms with Gasteiger partial charge in [0.25, 0.3) is 0 Å². The summed E-state index contributed by atoms with van der Waals surface area (Å²) in [5.41, 5.74) is 2.73. The lowest BCUT2D eigenvalue weighted by atomic mass is 10.1. The van der Waals surface area contributed by atoms with Gasteiger partial charge in [0.05, 0.1) is 11.6 Å². The van der Waals surface area contributed by atoms with Crippen LogP contribution in [-0.2, 0) is 17.8 Å². The summed E-state index contributed by atoms with van der Waals surface area (Å²) in [4.78, 5) is 19.6. The second-order valence-corrected chi connectivity index (χ2v) is 7.59. The van der Waals surface area contributed by atoms with Crippen LogP contribution in [0.25, 0.3) is 11.0 Å². The van der Waals surface area contributed by atoms with Gasteiger partial charge in [-0.25, -0.2) is 13.8 Å². The zero-order valence-electron chi connectivity index (χ0n) is 17.6. The van der Waals surface area contributed by atoms with Crippen LogP contribution < -0.4 is 10.1 Å². The molecule has 2 N–H and O–H groups in total. The molecule has 1 atom stereocenters. The topological polar surface area (TPSA) is 67.0 Å². The average molecular weight is 435 g/mol. The molecule has 4 aromatic rings. The molecule has 0 spiro atoms. The zero-order valence-corrected chi connectivity index (χ0v) is 17.6. The number of hydrogen-bond acceptors (Lipinski definition) is 3. The fourth-order valence-corrected chi connectivity index (χ4v) is 3.40. The molecule has 7 heteroatoms. The predicted molar refractivity (Wildman–Crippen MR) is 118 cm³/mol. The number of hydrogen-bond donors (Lipinski definition) is 2. The minimum atomic E-state index is -0.381. The number of amides is 1. The van der Waals surface area contributed by atoms with Gasteiger partial charge in [-0.15, -0.1) is 0 Å². The fraction of sp³-hybridized carbons (Fsp3) is 0.200. The van der Waals surface area contributed by atoms with Gasteiger partial charge in [-0.1, -0.05) is 30.3 Å². The van der Waals surface area contributed by atoms with Crippen LogP contribution in [0.3, 0.4) is 0 Å². The maximum atomic E-state index is 13.8. The molecule has 0 radical (unpaired) electrons. The third kappa shape index (κ3) is 5.29. The van der Waals surface area contributed by atoms with Crippen molar-refractivity contribution < 1.29 is 18.3 Å². The van der Waals surface area contributed by atoms with Crippen molar-refractivity contribution in [2.24, 2.45) is 0 Å². The van der Waals surface area contributed by atoms with E-state index in [1.54, 1.807) is 24.3 Å². The van der Waals surface area contributed by atoms with Crippen LogP contribution in [0.1, 0.15) is 36.3 Å². The lowest BCUT2D eigenvalue weighted by Crippen LogP contribution is -2.26. The van der Waals surface area contributed by atoms with Crippen molar-refractivity contribution >= 4 is 16.9 Å². The maximum Gasteiger partial charge on any atom is 0.220 e. The highest BCUT2D eigenvalue weighted by atomic mass is 19.1. The minimum Gasteiger partial charge on any atom is -0.489 e. The molecule has 4 rings (SSSR count). The third-order valence-electron chi connectivity index (χ3n) is 5.18. The number of carbonyl (C=O) groups excluding carboxylic acids is 1. The van der Waals surface area contributed by atoms with Crippen molar-refractivity contribution in [1.29, 1.82) is 0 Å². The number of carbonyl (C=O) groups is 1. The van der Waals surface area contributed by atoms with Crippen molar-refractivity contribution in [2.45, 2.75) is 32.4 Å². The SMILES string of the molecule is CC(NC(=O)CCc1nc2c(F)cccc2[nH]1)c1ccc(OCc2ccc(F)cc2)cc1. The van der Waals surface area contributed by atoms with Gasteiger partial charge in [0.2, 0.25) is 5.91 Å². The number of H-pyrrole nitrogens is 1. The smallest absolute Gasteiger partial charge is 0.220 e. The molecule has 3 aromatic carbocycles. The molecule has 1 heterocycles. The first-order chi connectivity index (χ1) is 15.5. The molecule has 1 unspecified atom stereocenters. The molecule has 1 amide bonds. The number of aromatic nitrogens is 2. The van der Waals surface area contributed by atoms with Crippen molar-refractivity contribution in [3.63, 3.8) is 0 Å². The number of aromatic amines is 1. The summed E-state index contributed by atoms with van der Waals surface area (Å²) >= 11 is 0.